The Hall–Kier alpha value is -3.17. The fourth-order valence-electron chi connectivity index (χ4n) is 2.99. The van der Waals surface area contributed by atoms with Gasteiger partial charge in [0, 0.05) is 5.69 Å². The van der Waals surface area contributed by atoms with Crippen LogP contribution in [0.4, 0.5) is 10.1 Å². The molecule has 1 N–H and O–H groups in total. The molecule has 31 heavy (non-hydrogen) atoms. The average molecular weight is 456 g/mol. The van der Waals surface area contributed by atoms with Crippen LogP contribution in [-0.2, 0) is 11.3 Å². The SMILES string of the molecule is COc1cccc(Cn2c(SCC(=O)Nc3ccc(F)cc3)nc3ccsc3c2=O)c1. The zero-order valence-electron chi connectivity index (χ0n) is 16.5. The van der Waals surface area contributed by atoms with E-state index in [1.807, 2.05) is 29.6 Å². The van der Waals surface area contributed by atoms with Crippen LogP contribution in [0.2, 0.25) is 0 Å². The summed E-state index contributed by atoms with van der Waals surface area (Å²) in [5.41, 5.74) is 1.85. The molecule has 4 rings (SSSR count). The largest absolute Gasteiger partial charge is 0.497 e. The van der Waals surface area contributed by atoms with Gasteiger partial charge in [0.15, 0.2) is 5.16 Å². The van der Waals surface area contributed by atoms with Crippen LogP contribution in [-0.4, -0.2) is 28.3 Å². The van der Waals surface area contributed by atoms with Crippen molar-refractivity contribution in [2.24, 2.45) is 0 Å². The molecule has 0 radical (unpaired) electrons. The van der Waals surface area contributed by atoms with Gasteiger partial charge >= 0.3 is 0 Å². The van der Waals surface area contributed by atoms with Crippen molar-refractivity contribution in [2.45, 2.75) is 11.7 Å². The Bertz CT molecular complexity index is 1290. The lowest BCUT2D eigenvalue weighted by atomic mass is 10.2. The molecular weight excluding hydrogens is 437 g/mol. The van der Waals surface area contributed by atoms with Crippen LogP contribution in [0.1, 0.15) is 5.56 Å². The van der Waals surface area contributed by atoms with Crippen molar-refractivity contribution >= 4 is 44.9 Å². The summed E-state index contributed by atoms with van der Waals surface area (Å²) in [6.07, 6.45) is 0. The number of ether oxygens (including phenoxy) is 1. The van der Waals surface area contributed by atoms with E-state index in [4.69, 9.17) is 4.74 Å². The van der Waals surface area contributed by atoms with E-state index in [0.29, 0.717) is 33.4 Å². The molecule has 2 aromatic carbocycles. The summed E-state index contributed by atoms with van der Waals surface area (Å²) in [6.45, 7) is 0.304. The number of fused-ring (bicyclic) bond motifs is 1. The lowest BCUT2D eigenvalue weighted by molar-refractivity contribution is -0.113. The second-order valence-corrected chi connectivity index (χ2v) is 8.47. The first-order chi connectivity index (χ1) is 15.0. The molecule has 0 aliphatic carbocycles. The number of hydrogen-bond donors (Lipinski definition) is 1. The van der Waals surface area contributed by atoms with Gasteiger partial charge in [-0.2, -0.15) is 0 Å². The molecule has 0 aliphatic heterocycles. The fraction of sp³-hybridized carbons (Fsp3) is 0.136. The van der Waals surface area contributed by atoms with Crippen molar-refractivity contribution in [3.63, 3.8) is 0 Å². The van der Waals surface area contributed by atoms with Crippen LogP contribution < -0.4 is 15.6 Å². The van der Waals surface area contributed by atoms with Crippen molar-refractivity contribution in [1.82, 2.24) is 9.55 Å². The average Bonchev–Trinajstić information content (AvgIpc) is 3.25. The summed E-state index contributed by atoms with van der Waals surface area (Å²) >= 11 is 2.52. The summed E-state index contributed by atoms with van der Waals surface area (Å²) in [6, 6.07) is 14.8. The van der Waals surface area contributed by atoms with E-state index in [9.17, 15) is 14.0 Å². The Morgan fingerprint density at radius 3 is 2.81 bits per heavy atom. The molecule has 6 nitrogen and oxygen atoms in total. The Kier molecular flexibility index (Phi) is 6.34. The van der Waals surface area contributed by atoms with Crippen LogP contribution in [0.3, 0.4) is 0 Å². The first-order valence-electron chi connectivity index (χ1n) is 9.32. The predicted octanol–water partition coefficient (Wildman–Crippen LogP) is 4.38. The number of halogens is 1. The van der Waals surface area contributed by atoms with Gasteiger partial charge in [-0.15, -0.1) is 11.3 Å². The molecule has 0 bridgehead atoms. The standard InChI is InChI=1S/C22H18FN3O3S2/c1-29-17-4-2-3-14(11-17)12-26-21(28)20-18(9-10-30-20)25-22(26)31-13-19(27)24-16-7-5-15(23)6-8-16/h2-11H,12-13H2,1H3,(H,24,27). The van der Waals surface area contributed by atoms with Crippen molar-refractivity contribution in [1.29, 1.82) is 0 Å². The summed E-state index contributed by atoms with van der Waals surface area (Å²) in [5.74, 6) is 0.104. The number of aromatic nitrogens is 2. The van der Waals surface area contributed by atoms with E-state index in [1.54, 1.807) is 17.7 Å². The van der Waals surface area contributed by atoms with Gasteiger partial charge < -0.3 is 10.1 Å². The highest BCUT2D eigenvalue weighted by atomic mass is 32.2. The van der Waals surface area contributed by atoms with Crippen LogP contribution in [0.5, 0.6) is 5.75 Å². The molecule has 1 amide bonds. The molecule has 4 aromatic rings. The van der Waals surface area contributed by atoms with E-state index in [-0.39, 0.29) is 23.0 Å². The number of thioether (sulfide) groups is 1. The number of rotatable bonds is 7. The molecule has 0 saturated heterocycles. The number of benzene rings is 2. The first-order valence-corrected chi connectivity index (χ1v) is 11.2. The van der Waals surface area contributed by atoms with Crippen LogP contribution in [0.25, 0.3) is 10.2 Å². The van der Waals surface area contributed by atoms with Gasteiger partial charge in [-0.3, -0.25) is 14.2 Å². The van der Waals surface area contributed by atoms with Crippen LogP contribution >= 0.6 is 23.1 Å². The smallest absolute Gasteiger partial charge is 0.272 e. The maximum absolute atomic E-state index is 13.1. The van der Waals surface area contributed by atoms with E-state index in [1.165, 1.54) is 47.4 Å². The highest BCUT2D eigenvalue weighted by molar-refractivity contribution is 7.99. The fourth-order valence-corrected chi connectivity index (χ4v) is 4.56. The molecule has 2 heterocycles. The Labute approximate surface area is 185 Å². The monoisotopic (exact) mass is 455 g/mol. The van der Waals surface area contributed by atoms with E-state index in [0.717, 1.165) is 5.56 Å². The third-order valence-corrected chi connectivity index (χ3v) is 6.33. The van der Waals surface area contributed by atoms with E-state index in [2.05, 4.69) is 10.3 Å². The summed E-state index contributed by atoms with van der Waals surface area (Å²) in [4.78, 5) is 30.1. The molecule has 158 valence electrons. The molecule has 0 saturated carbocycles. The highest BCUT2D eigenvalue weighted by Gasteiger charge is 2.15. The minimum atomic E-state index is -0.373. The molecule has 0 atom stereocenters. The number of nitrogens with one attached hydrogen (secondary N) is 1. The number of carbonyl (C=O) groups is 1. The number of thiophene rings is 1. The van der Waals surface area contributed by atoms with Gasteiger partial charge in [0.2, 0.25) is 5.91 Å². The maximum Gasteiger partial charge on any atom is 0.272 e. The van der Waals surface area contributed by atoms with Gasteiger partial charge in [0.1, 0.15) is 16.3 Å². The zero-order valence-corrected chi connectivity index (χ0v) is 18.1. The number of amides is 1. The van der Waals surface area contributed by atoms with Crippen molar-refractivity contribution < 1.29 is 13.9 Å². The lowest BCUT2D eigenvalue weighted by Gasteiger charge is -2.13. The van der Waals surface area contributed by atoms with Crippen molar-refractivity contribution in [3.05, 3.63) is 81.7 Å². The van der Waals surface area contributed by atoms with Crippen LogP contribution in [0, 0.1) is 5.82 Å². The maximum atomic E-state index is 13.1. The van der Waals surface area contributed by atoms with E-state index >= 15 is 0 Å². The van der Waals surface area contributed by atoms with Crippen molar-refractivity contribution in [2.75, 3.05) is 18.2 Å². The third kappa shape index (κ3) is 4.95. The Balaban J connectivity index is 1.58. The van der Waals surface area contributed by atoms with Gasteiger partial charge in [0.05, 0.1) is 24.9 Å². The lowest BCUT2D eigenvalue weighted by Crippen LogP contribution is -2.24. The first kappa shape index (κ1) is 21.1. The molecule has 2 aromatic heterocycles. The molecule has 0 unspecified atom stereocenters. The van der Waals surface area contributed by atoms with E-state index < -0.39 is 0 Å². The Morgan fingerprint density at radius 2 is 2.03 bits per heavy atom. The second-order valence-electron chi connectivity index (χ2n) is 6.62. The molecule has 0 spiro atoms. The Morgan fingerprint density at radius 1 is 1.23 bits per heavy atom. The second kappa shape index (κ2) is 9.32. The zero-order chi connectivity index (χ0) is 21.8. The molecule has 0 aliphatic rings. The minimum Gasteiger partial charge on any atom is -0.497 e. The number of methoxy groups -OCH3 is 1. The van der Waals surface area contributed by atoms with Crippen molar-refractivity contribution in [3.8, 4) is 5.75 Å². The predicted molar refractivity (Wildman–Crippen MR) is 122 cm³/mol. The molecule has 9 heteroatoms. The number of hydrogen-bond acceptors (Lipinski definition) is 6. The van der Waals surface area contributed by atoms with Gasteiger partial charge in [-0.05, 0) is 53.4 Å². The topological polar surface area (TPSA) is 73.2 Å². The highest BCUT2D eigenvalue weighted by Crippen LogP contribution is 2.23. The summed E-state index contributed by atoms with van der Waals surface area (Å²) < 4.78 is 20.5. The molecule has 0 fully saturated rings. The quantitative estimate of drug-likeness (QED) is 0.331. The number of nitrogens with zero attached hydrogens (tertiary/aromatic N) is 2. The summed E-state index contributed by atoms with van der Waals surface area (Å²) in [5, 5.41) is 4.99. The summed E-state index contributed by atoms with van der Waals surface area (Å²) in [7, 11) is 1.59. The van der Waals surface area contributed by atoms with Gasteiger partial charge in [0.25, 0.3) is 5.56 Å². The number of carbonyl (C=O) groups excluding carboxylic acids is 1. The van der Waals surface area contributed by atoms with Gasteiger partial charge in [-0.25, -0.2) is 9.37 Å². The van der Waals surface area contributed by atoms with Crippen LogP contribution in [0.15, 0.2) is 69.9 Å². The third-order valence-electron chi connectivity index (χ3n) is 4.47. The minimum absolute atomic E-state index is 0.0531. The van der Waals surface area contributed by atoms with Gasteiger partial charge in [-0.1, -0.05) is 23.9 Å². The number of anilines is 1. The molecular formula is C22H18FN3O3S2. The normalized spacial score (nSPS) is 10.9.